The summed E-state index contributed by atoms with van der Waals surface area (Å²) in [5.74, 6) is -1.27. The van der Waals surface area contributed by atoms with E-state index in [4.69, 9.17) is 27.7 Å². The number of halogens is 3. The Labute approximate surface area is 169 Å². The molecule has 9 heteroatoms. The van der Waals surface area contributed by atoms with Crippen LogP contribution in [0.1, 0.15) is 23.0 Å². The van der Waals surface area contributed by atoms with E-state index >= 15 is 0 Å². The maximum atomic E-state index is 14.3. The highest BCUT2D eigenvalue weighted by atomic mass is 35.5. The number of hydrogen-bond acceptors (Lipinski definition) is 4. The molecule has 2 N–H and O–H groups in total. The Balaban J connectivity index is 1.93. The monoisotopic (exact) mass is 421 g/mol. The van der Waals surface area contributed by atoms with Gasteiger partial charge in [0.05, 0.1) is 21.3 Å². The van der Waals surface area contributed by atoms with Crippen molar-refractivity contribution in [3.8, 4) is 11.3 Å². The second-order valence-electron chi connectivity index (χ2n) is 5.89. The molecule has 1 aromatic heterocycles. The molecule has 2 aromatic carbocycles. The topological polar surface area (TPSA) is 84.2 Å². The van der Waals surface area contributed by atoms with Gasteiger partial charge in [0.2, 0.25) is 5.91 Å². The largest absolute Gasteiger partial charge is 0.360 e. The number of benzene rings is 2. The van der Waals surface area contributed by atoms with Crippen molar-refractivity contribution >= 4 is 46.4 Å². The molecule has 6 nitrogen and oxygen atoms in total. The summed E-state index contributed by atoms with van der Waals surface area (Å²) in [6.45, 7) is 2.89. The molecule has 0 radical (unpaired) electrons. The highest BCUT2D eigenvalue weighted by molar-refractivity contribution is 6.34. The zero-order valence-electron chi connectivity index (χ0n) is 14.8. The van der Waals surface area contributed by atoms with Crippen molar-refractivity contribution in [2.45, 2.75) is 13.8 Å². The fourth-order valence-corrected chi connectivity index (χ4v) is 3.09. The van der Waals surface area contributed by atoms with Crippen LogP contribution in [0.2, 0.25) is 10.0 Å². The van der Waals surface area contributed by atoms with Crippen LogP contribution >= 0.6 is 23.2 Å². The highest BCUT2D eigenvalue weighted by Crippen LogP contribution is 2.34. The number of hydrogen-bond donors (Lipinski definition) is 2. The Morgan fingerprint density at radius 3 is 2.50 bits per heavy atom. The van der Waals surface area contributed by atoms with Gasteiger partial charge in [0, 0.05) is 12.6 Å². The minimum Gasteiger partial charge on any atom is -0.360 e. The van der Waals surface area contributed by atoms with E-state index in [1.54, 1.807) is 12.1 Å². The highest BCUT2D eigenvalue weighted by Gasteiger charge is 2.25. The number of nitrogens with zero attached hydrogens (tertiary/aromatic N) is 1. The molecule has 0 aliphatic heterocycles. The van der Waals surface area contributed by atoms with E-state index in [0.29, 0.717) is 11.4 Å². The first-order valence-corrected chi connectivity index (χ1v) is 8.82. The Kier molecular flexibility index (Phi) is 5.67. The summed E-state index contributed by atoms with van der Waals surface area (Å²) < 4.78 is 19.4. The maximum absolute atomic E-state index is 14.3. The number of aryl methyl sites for hydroxylation is 1. The maximum Gasteiger partial charge on any atom is 0.261 e. The lowest BCUT2D eigenvalue weighted by Crippen LogP contribution is -2.14. The Morgan fingerprint density at radius 1 is 1.11 bits per heavy atom. The number of aromatic nitrogens is 1. The second-order valence-corrected chi connectivity index (χ2v) is 6.70. The number of carbonyl (C=O) groups is 2. The molecule has 0 atom stereocenters. The van der Waals surface area contributed by atoms with Crippen LogP contribution < -0.4 is 10.6 Å². The van der Waals surface area contributed by atoms with Crippen molar-refractivity contribution in [2.24, 2.45) is 0 Å². The van der Waals surface area contributed by atoms with Crippen LogP contribution in [-0.4, -0.2) is 17.0 Å². The van der Waals surface area contributed by atoms with Gasteiger partial charge in [0.25, 0.3) is 5.91 Å². The van der Waals surface area contributed by atoms with Crippen LogP contribution in [0.25, 0.3) is 11.3 Å². The van der Waals surface area contributed by atoms with Crippen molar-refractivity contribution in [2.75, 3.05) is 10.6 Å². The molecule has 2 amide bonds. The molecule has 0 unspecified atom stereocenters. The summed E-state index contributed by atoms with van der Waals surface area (Å²) in [5, 5.41) is 9.37. The Bertz CT molecular complexity index is 1060. The third-order valence-corrected chi connectivity index (χ3v) is 4.45. The van der Waals surface area contributed by atoms with Crippen LogP contribution in [0.3, 0.4) is 0 Å². The molecule has 0 saturated heterocycles. The molecule has 0 aliphatic rings. The van der Waals surface area contributed by atoms with Crippen LogP contribution in [0.4, 0.5) is 15.8 Å². The minimum atomic E-state index is -0.627. The van der Waals surface area contributed by atoms with Gasteiger partial charge in [-0.3, -0.25) is 9.59 Å². The van der Waals surface area contributed by atoms with Crippen LogP contribution in [-0.2, 0) is 4.79 Å². The Hall–Kier alpha value is -2.90. The number of carbonyl (C=O) groups excluding carboxylic acids is 2. The van der Waals surface area contributed by atoms with Gasteiger partial charge in [-0.25, -0.2) is 4.39 Å². The first-order valence-electron chi connectivity index (χ1n) is 8.07. The summed E-state index contributed by atoms with van der Waals surface area (Å²) in [6, 6.07) is 8.75. The first kappa shape index (κ1) is 19.9. The lowest BCUT2D eigenvalue weighted by atomic mass is 10.0. The standard InChI is InChI=1S/C19H14Cl2FN3O3/c1-9-16(18(25-28-9)17-12(20)4-3-5-14(17)22)19(27)24-11-6-7-15(13(21)8-11)23-10(2)26/h3-8H,1-2H3,(H,23,26)(H,24,27). The lowest BCUT2D eigenvalue weighted by molar-refractivity contribution is -0.114. The average molecular weight is 422 g/mol. The molecule has 0 saturated carbocycles. The van der Waals surface area contributed by atoms with Gasteiger partial charge in [-0.2, -0.15) is 0 Å². The van der Waals surface area contributed by atoms with Crippen molar-refractivity contribution in [3.63, 3.8) is 0 Å². The second kappa shape index (κ2) is 8.00. The molecule has 28 heavy (non-hydrogen) atoms. The van der Waals surface area contributed by atoms with E-state index in [1.807, 2.05) is 0 Å². The van der Waals surface area contributed by atoms with Crippen molar-refractivity contribution in [1.82, 2.24) is 5.16 Å². The van der Waals surface area contributed by atoms with Gasteiger partial charge in [-0.1, -0.05) is 34.4 Å². The predicted octanol–water partition coefficient (Wildman–Crippen LogP) is 5.31. The van der Waals surface area contributed by atoms with Crippen LogP contribution in [0.5, 0.6) is 0 Å². The molecular formula is C19H14Cl2FN3O3. The molecule has 3 rings (SSSR count). The SMILES string of the molecule is CC(=O)Nc1ccc(NC(=O)c2c(-c3c(F)cccc3Cl)noc2C)cc1Cl. The van der Waals surface area contributed by atoms with Crippen molar-refractivity contribution in [3.05, 3.63) is 63.6 Å². The summed E-state index contributed by atoms with van der Waals surface area (Å²) in [6.07, 6.45) is 0. The third kappa shape index (κ3) is 4.00. The molecule has 1 heterocycles. The summed E-state index contributed by atoms with van der Waals surface area (Å²) in [5.41, 5.74) is 0.806. The summed E-state index contributed by atoms with van der Waals surface area (Å²) >= 11 is 12.2. The van der Waals surface area contributed by atoms with Crippen molar-refractivity contribution in [1.29, 1.82) is 0 Å². The smallest absolute Gasteiger partial charge is 0.261 e. The molecule has 0 bridgehead atoms. The molecular weight excluding hydrogens is 408 g/mol. The first-order chi connectivity index (χ1) is 13.3. The zero-order chi connectivity index (χ0) is 20.4. The third-order valence-electron chi connectivity index (χ3n) is 3.83. The normalized spacial score (nSPS) is 10.6. The van der Waals surface area contributed by atoms with E-state index in [9.17, 15) is 14.0 Å². The quantitative estimate of drug-likeness (QED) is 0.597. The summed E-state index contributed by atoms with van der Waals surface area (Å²) in [4.78, 5) is 23.9. The predicted molar refractivity (Wildman–Crippen MR) is 105 cm³/mol. The van der Waals surface area contributed by atoms with E-state index in [-0.39, 0.29) is 38.5 Å². The van der Waals surface area contributed by atoms with Gasteiger partial charge in [0.1, 0.15) is 22.8 Å². The van der Waals surface area contributed by atoms with Crippen LogP contribution in [0.15, 0.2) is 40.9 Å². The van der Waals surface area contributed by atoms with Crippen molar-refractivity contribution < 1.29 is 18.5 Å². The fraction of sp³-hybridized carbons (Fsp3) is 0.105. The molecule has 0 fully saturated rings. The average Bonchev–Trinajstić information content (AvgIpc) is 2.98. The number of nitrogens with one attached hydrogen (secondary N) is 2. The molecule has 0 aliphatic carbocycles. The molecule has 0 spiro atoms. The zero-order valence-corrected chi connectivity index (χ0v) is 16.3. The number of amides is 2. The minimum absolute atomic E-state index is 0.000867. The number of rotatable bonds is 4. The molecule has 3 aromatic rings. The molecule has 144 valence electrons. The lowest BCUT2D eigenvalue weighted by Gasteiger charge is -2.10. The Morgan fingerprint density at radius 2 is 1.86 bits per heavy atom. The van der Waals surface area contributed by atoms with Gasteiger partial charge in [-0.15, -0.1) is 0 Å². The van der Waals surface area contributed by atoms with E-state index in [1.165, 1.54) is 38.1 Å². The van der Waals surface area contributed by atoms with Gasteiger partial charge < -0.3 is 15.2 Å². The van der Waals surface area contributed by atoms with E-state index < -0.39 is 11.7 Å². The van der Waals surface area contributed by atoms with E-state index in [0.717, 1.165) is 0 Å². The summed E-state index contributed by atoms with van der Waals surface area (Å²) in [7, 11) is 0. The van der Waals surface area contributed by atoms with Gasteiger partial charge in [-0.05, 0) is 37.3 Å². The van der Waals surface area contributed by atoms with Crippen LogP contribution in [0, 0.1) is 12.7 Å². The van der Waals surface area contributed by atoms with E-state index in [2.05, 4.69) is 15.8 Å². The van der Waals surface area contributed by atoms with Gasteiger partial charge >= 0.3 is 0 Å². The fourth-order valence-electron chi connectivity index (χ4n) is 2.61. The van der Waals surface area contributed by atoms with Gasteiger partial charge in [0.15, 0.2) is 0 Å². The number of anilines is 2.